The van der Waals surface area contributed by atoms with Gasteiger partial charge in [-0.2, -0.15) is 0 Å². The highest BCUT2D eigenvalue weighted by Crippen LogP contribution is 2.32. The lowest BCUT2D eigenvalue weighted by molar-refractivity contribution is 0.499. The Hall–Kier alpha value is -0.290. The van der Waals surface area contributed by atoms with Gasteiger partial charge in [0.1, 0.15) is 0 Å². The lowest BCUT2D eigenvalue weighted by Gasteiger charge is -2.06. The predicted octanol–water partition coefficient (Wildman–Crippen LogP) is 4.17. The lowest BCUT2D eigenvalue weighted by atomic mass is 10.0. The number of nitrogens with one attached hydrogen (secondary N) is 1. The van der Waals surface area contributed by atoms with E-state index in [2.05, 4.69) is 15.5 Å². The van der Waals surface area contributed by atoms with E-state index in [1.165, 1.54) is 57.1 Å². The molecule has 0 aliphatic heterocycles. The Bertz CT molecular complexity index is 370. The number of nitrogens with zero attached hydrogens (tertiary/aromatic N) is 2. The van der Waals surface area contributed by atoms with Crippen molar-refractivity contribution in [2.24, 2.45) is 5.92 Å². The molecule has 100 valence electrons. The van der Waals surface area contributed by atoms with Crippen LogP contribution in [0.4, 0.5) is 5.13 Å². The molecule has 0 radical (unpaired) electrons. The molecule has 0 saturated heterocycles. The Morgan fingerprint density at radius 2 is 2.00 bits per heavy atom. The van der Waals surface area contributed by atoms with Gasteiger partial charge in [0.05, 0.1) is 0 Å². The summed E-state index contributed by atoms with van der Waals surface area (Å²) in [7, 11) is 0. The molecule has 2 fully saturated rings. The van der Waals surface area contributed by atoms with E-state index in [1.54, 1.807) is 11.3 Å². The topological polar surface area (TPSA) is 37.8 Å². The molecule has 0 amide bonds. The van der Waals surface area contributed by atoms with E-state index in [4.69, 9.17) is 0 Å². The van der Waals surface area contributed by atoms with Crippen LogP contribution in [0.1, 0.15) is 51.4 Å². The minimum atomic E-state index is 0.679. The van der Waals surface area contributed by atoms with Crippen molar-refractivity contribution in [1.29, 1.82) is 0 Å². The quantitative estimate of drug-likeness (QED) is 0.602. The van der Waals surface area contributed by atoms with E-state index in [9.17, 15) is 0 Å². The summed E-state index contributed by atoms with van der Waals surface area (Å²) in [6.45, 7) is 0. The molecule has 0 spiro atoms. The van der Waals surface area contributed by atoms with Gasteiger partial charge in [-0.15, -0.1) is 10.2 Å². The molecule has 1 aromatic heterocycles. The van der Waals surface area contributed by atoms with Crippen molar-refractivity contribution < 1.29 is 0 Å². The fourth-order valence-corrected chi connectivity index (χ4v) is 4.42. The zero-order valence-electron chi connectivity index (χ0n) is 10.7. The zero-order chi connectivity index (χ0) is 12.2. The molecule has 3 nitrogen and oxygen atoms in total. The van der Waals surface area contributed by atoms with Crippen LogP contribution in [-0.2, 0) is 0 Å². The molecular formula is C13H21N3S2. The van der Waals surface area contributed by atoms with Gasteiger partial charge in [0.2, 0.25) is 5.13 Å². The van der Waals surface area contributed by atoms with Crippen LogP contribution in [0.25, 0.3) is 0 Å². The van der Waals surface area contributed by atoms with E-state index < -0.39 is 0 Å². The zero-order valence-corrected chi connectivity index (χ0v) is 12.4. The van der Waals surface area contributed by atoms with Crippen LogP contribution in [0.15, 0.2) is 4.34 Å². The van der Waals surface area contributed by atoms with Gasteiger partial charge in [-0.3, -0.25) is 0 Å². The van der Waals surface area contributed by atoms with Crippen LogP contribution in [0.2, 0.25) is 0 Å². The summed E-state index contributed by atoms with van der Waals surface area (Å²) < 4.78 is 1.13. The third kappa shape index (κ3) is 3.85. The molecule has 2 aliphatic carbocycles. The number of aromatic nitrogens is 2. The maximum absolute atomic E-state index is 4.24. The average Bonchev–Trinajstić information content (AvgIpc) is 2.88. The number of hydrogen-bond acceptors (Lipinski definition) is 5. The smallest absolute Gasteiger partial charge is 0.206 e. The Balaban J connectivity index is 1.33. The fourth-order valence-electron chi connectivity index (χ4n) is 2.56. The van der Waals surface area contributed by atoms with Gasteiger partial charge in [-0.05, 0) is 31.6 Å². The van der Waals surface area contributed by atoms with Gasteiger partial charge in [-0.1, -0.05) is 48.8 Å². The Kier molecular flexibility index (Phi) is 4.41. The van der Waals surface area contributed by atoms with E-state index in [-0.39, 0.29) is 0 Å². The summed E-state index contributed by atoms with van der Waals surface area (Å²) in [4.78, 5) is 0. The molecular weight excluding hydrogens is 262 g/mol. The Morgan fingerprint density at radius 3 is 2.78 bits per heavy atom. The highest BCUT2D eigenvalue weighted by atomic mass is 32.2. The predicted molar refractivity (Wildman–Crippen MR) is 78.5 cm³/mol. The van der Waals surface area contributed by atoms with Crippen LogP contribution in [0, 0.1) is 5.92 Å². The van der Waals surface area contributed by atoms with Gasteiger partial charge in [0.15, 0.2) is 4.34 Å². The molecule has 1 N–H and O–H groups in total. The molecule has 2 aliphatic rings. The van der Waals surface area contributed by atoms with Crippen molar-refractivity contribution in [3.63, 3.8) is 0 Å². The molecule has 3 rings (SSSR count). The van der Waals surface area contributed by atoms with Crippen LogP contribution >= 0.6 is 23.1 Å². The van der Waals surface area contributed by atoms with Crippen molar-refractivity contribution in [2.45, 2.75) is 61.7 Å². The summed E-state index contributed by atoms with van der Waals surface area (Å²) >= 11 is 3.59. The molecule has 0 aromatic carbocycles. The highest BCUT2D eigenvalue weighted by molar-refractivity contribution is 8.01. The molecule has 1 heterocycles. The van der Waals surface area contributed by atoms with Crippen molar-refractivity contribution in [1.82, 2.24) is 10.2 Å². The van der Waals surface area contributed by atoms with Crippen LogP contribution in [-0.4, -0.2) is 22.0 Å². The Labute approximate surface area is 117 Å². The maximum atomic E-state index is 4.24. The molecule has 5 heteroatoms. The summed E-state index contributed by atoms with van der Waals surface area (Å²) in [5.74, 6) is 2.22. The van der Waals surface area contributed by atoms with E-state index in [0.717, 1.165) is 15.4 Å². The fraction of sp³-hybridized carbons (Fsp3) is 0.846. The first-order valence-electron chi connectivity index (χ1n) is 7.13. The second-order valence-electron chi connectivity index (χ2n) is 5.43. The monoisotopic (exact) mass is 283 g/mol. The standard InChI is InChI=1S/C13H21N3S2/c1-2-5-10(4-1)6-3-9-17-13-16-15-12(18-13)14-11-7-8-11/h10-11H,1-9H2,(H,14,15). The van der Waals surface area contributed by atoms with Gasteiger partial charge < -0.3 is 5.32 Å². The average molecular weight is 283 g/mol. The normalized spacial score (nSPS) is 20.4. The van der Waals surface area contributed by atoms with Crippen molar-refractivity contribution in [3.8, 4) is 0 Å². The number of anilines is 1. The van der Waals surface area contributed by atoms with Crippen molar-refractivity contribution in [3.05, 3.63) is 0 Å². The third-order valence-corrected chi connectivity index (χ3v) is 5.84. The summed E-state index contributed by atoms with van der Waals surface area (Å²) in [5.41, 5.74) is 0. The molecule has 0 atom stereocenters. The molecule has 1 aromatic rings. The lowest BCUT2D eigenvalue weighted by Crippen LogP contribution is -1.99. The SMILES string of the molecule is C1CCC(CCCSc2nnc(NC3CC3)s2)C1. The number of thioether (sulfide) groups is 1. The maximum Gasteiger partial charge on any atom is 0.206 e. The second kappa shape index (κ2) is 6.24. The van der Waals surface area contributed by atoms with E-state index in [0.29, 0.717) is 6.04 Å². The van der Waals surface area contributed by atoms with Crippen LogP contribution in [0.5, 0.6) is 0 Å². The van der Waals surface area contributed by atoms with Crippen LogP contribution < -0.4 is 5.32 Å². The molecule has 0 bridgehead atoms. The highest BCUT2D eigenvalue weighted by Gasteiger charge is 2.22. The molecule has 18 heavy (non-hydrogen) atoms. The van der Waals surface area contributed by atoms with Crippen molar-refractivity contribution in [2.75, 3.05) is 11.1 Å². The number of rotatable bonds is 7. The molecule has 2 saturated carbocycles. The minimum Gasteiger partial charge on any atom is -0.357 e. The van der Waals surface area contributed by atoms with Crippen LogP contribution in [0.3, 0.4) is 0 Å². The third-order valence-electron chi connectivity index (χ3n) is 3.77. The van der Waals surface area contributed by atoms with Crippen molar-refractivity contribution >= 4 is 28.2 Å². The van der Waals surface area contributed by atoms with Gasteiger partial charge in [0.25, 0.3) is 0 Å². The van der Waals surface area contributed by atoms with Gasteiger partial charge in [0, 0.05) is 11.8 Å². The largest absolute Gasteiger partial charge is 0.357 e. The summed E-state index contributed by atoms with van der Waals surface area (Å²) in [6, 6.07) is 0.679. The first-order chi connectivity index (χ1) is 8.90. The minimum absolute atomic E-state index is 0.679. The van der Waals surface area contributed by atoms with Gasteiger partial charge >= 0.3 is 0 Å². The van der Waals surface area contributed by atoms with E-state index in [1.807, 2.05) is 11.8 Å². The first-order valence-corrected chi connectivity index (χ1v) is 8.93. The first kappa shape index (κ1) is 12.7. The van der Waals surface area contributed by atoms with E-state index >= 15 is 0 Å². The van der Waals surface area contributed by atoms with Gasteiger partial charge in [-0.25, -0.2) is 0 Å². The number of hydrogen-bond donors (Lipinski definition) is 1. The summed E-state index contributed by atoms with van der Waals surface area (Å²) in [6.07, 6.45) is 11.2. The second-order valence-corrected chi connectivity index (χ2v) is 7.75. The Morgan fingerprint density at radius 1 is 1.17 bits per heavy atom. The molecule has 0 unspecified atom stereocenters. The summed E-state index contributed by atoms with van der Waals surface area (Å²) in [5, 5.41) is 12.8.